The van der Waals surface area contributed by atoms with E-state index in [1.165, 1.54) is 51.7 Å². The van der Waals surface area contributed by atoms with Crippen LogP contribution in [0.15, 0.2) is 30.3 Å². The minimum Gasteiger partial charge on any atom is -0.493 e. The van der Waals surface area contributed by atoms with Crippen LogP contribution in [0.5, 0.6) is 11.5 Å². The summed E-state index contributed by atoms with van der Waals surface area (Å²) in [4.78, 5) is 35.1. The van der Waals surface area contributed by atoms with Crippen LogP contribution in [0.25, 0.3) is 0 Å². The predicted octanol–water partition coefficient (Wildman–Crippen LogP) is 2.96. The van der Waals surface area contributed by atoms with Crippen molar-refractivity contribution in [2.75, 3.05) is 26.6 Å². The van der Waals surface area contributed by atoms with Crippen LogP contribution in [0.4, 0.5) is 11.4 Å². The van der Waals surface area contributed by atoms with Crippen LogP contribution in [0, 0.1) is 17.0 Å². The molecule has 9 heteroatoms. The van der Waals surface area contributed by atoms with Crippen molar-refractivity contribution in [3.63, 3.8) is 0 Å². The van der Waals surface area contributed by atoms with E-state index in [4.69, 9.17) is 14.2 Å². The van der Waals surface area contributed by atoms with Gasteiger partial charge in [0.15, 0.2) is 11.5 Å². The fourth-order valence-corrected chi connectivity index (χ4v) is 2.40. The molecular formula is C18H18N2O7. The van der Waals surface area contributed by atoms with Crippen molar-refractivity contribution in [1.29, 1.82) is 0 Å². The summed E-state index contributed by atoms with van der Waals surface area (Å²) in [5.41, 5.74) is 0.483. The van der Waals surface area contributed by atoms with Gasteiger partial charge in [0.2, 0.25) is 0 Å². The minimum atomic E-state index is -0.693. The number of anilines is 1. The van der Waals surface area contributed by atoms with Gasteiger partial charge in [-0.2, -0.15) is 0 Å². The molecule has 0 aliphatic rings. The summed E-state index contributed by atoms with van der Waals surface area (Å²) in [6.45, 7) is 1.57. The van der Waals surface area contributed by atoms with E-state index < -0.39 is 16.8 Å². The number of ether oxygens (including phenoxy) is 3. The second kappa shape index (κ2) is 8.17. The molecule has 0 atom stereocenters. The van der Waals surface area contributed by atoms with Gasteiger partial charge in [0.25, 0.3) is 11.6 Å². The maximum Gasteiger partial charge on any atom is 0.340 e. The molecule has 2 aromatic carbocycles. The average Bonchev–Trinajstić information content (AvgIpc) is 2.66. The summed E-state index contributed by atoms with van der Waals surface area (Å²) in [5.74, 6) is -0.756. The summed E-state index contributed by atoms with van der Waals surface area (Å²) in [6.07, 6.45) is 0. The maximum atomic E-state index is 12.6. The molecule has 0 heterocycles. The normalized spacial score (nSPS) is 10.1. The number of nitro benzene ring substituents is 1. The number of nitrogens with zero attached hydrogens (tertiary/aromatic N) is 1. The van der Waals surface area contributed by atoms with Gasteiger partial charge in [-0.05, 0) is 13.0 Å². The molecule has 1 amide bonds. The summed E-state index contributed by atoms with van der Waals surface area (Å²) in [6, 6.07) is 6.88. The van der Waals surface area contributed by atoms with Gasteiger partial charge in [0.1, 0.15) is 0 Å². The molecule has 0 bridgehead atoms. The highest BCUT2D eigenvalue weighted by Gasteiger charge is 2.21. The topological polar surface area (TPSA) is 117 Å². The van der Waals surface area contributed by atoms with Crippen LogP contribution in [0.2, 0.25) is 0 Å². The van der Waals surface area contributed by atoms with Gasteiger partial charge in [-0.25, -0.2) is 4.79 Å². The first-order valence-electron chi connectivity index (χ1n) is 7.73. The van der Waals surface area contributed by atoms with E-state index in [0.717, 1.165) is 0 Å². The maximum absolute atomic E-state index is 12.6. The summed E-state index contributed by atoms with van der Waals surface area (Å²) < 4.78 is 15.1. The number of benzene rings is 2. The molecule has 142 valence electrons. The first kappa shape index (κ1) is 19.7. The number of esters is 1. The van der Waals surface area contributed by atoms with E-state index in [0.29, 0.717) is 5.56 Å². The molecule has 0 aromatic heterocycles. The quantitative estimate of drug-likeness (QED) is 0.469. The van der Waals surface area contributed by atoms with Crippen molar-refractivity contribution in [3.8, 4) is 11.5 Å². The summed E-state index contributed by atoms with van der Waals surface area (Å²) >= 11 is 0. The number of hydrogen-bond donors (Lipinski definition) is 1. The smallest absolute Gasteiger partial charge is 0.340 e. The Hall–Kier alpha value is -3.62. The molecular weight excluding hydrogens is 356 g/mol. The van der Waals surface area contributed by atoms with Crippen LogP contribution in [-0.4, -0.2) is 38.1 Å². The molecule has 0 saturated heterocycles. The Balaban J connectivity index is 2.46. The fourth-order valence-electron chi connectivity index (χ4n) is 2.40. The van der Waals surface area contributed by atoms with Gasteiger partial charge in [-0.15, -0.1) is 0 Å². The summed E-state index contributed by atoms with van der Waals surface area (Å²) in [7, 11) is 4.02. The van der Waals surface area contributed by atoms with E-state index in [1.807, 2.05) is 0 Å². The van der Waals surface area contributed by atoms with E-state index in [9.17, 15) is 19.7 Å². The number of hydrogen-bond acceptors (Lipinski definition) is 7. The van der Waals surface area contributed by atoms with E-state index in [-0.39, 0.29) is 34.0 Å². The van der Waals surface area contributed by atoms with E-state index >= 15 is 0 Å². The molecule has 0 unspecified atom stereocenters. The van der Waals surface area contributed by atoms with Gasteiger partial charge in [-0.1, -0.05) is 6.07 Å². The Morgan fingerprint density at radius 2 is 1.67 bits per heavy atom. The summed E-state index contributed by atoms with van der Waals surface area (Å²) in [5, 5.41) is 13.6. The highest BCUT2D eigenvalue weighted by molar-refractivity contribution is 6.08. The molecule has 0 aliphatic carbocycles. The van der Waals surface area contributed by atoms with Crippen LogP contribution in [-0.2, 0) is 4.74 Å². The van der Waals surface area contributed by atoms with Gasteiger partial charge < -0.3 is 19.5 Å². The highest BCUT2D eigenvalue weighted by atomic mass is 16.6. The molecule has 0 saturated carbocycles. The zero-order valence-corrected chi connectivity index (χ0v) is 15.2. The molecule has 0 aliphatic heterocycles. The van der Waals surface area contributed by atoms with Gasteiger partial charge in [0, 0.05) is 29.3 Å². The average molecular weight is 374 g/mol. The molecule has 9 nitrogen and oxygen atoms in total. The Morgan fingerprint density at radius 1 is 1.04 bits per heavy atom. The third kappa shape index (κ3) is 4.14. The highest BCUT2D eigenvalue weighted by Crippen LogP contribution is 2.34. The molecule has 27 heavy (non-hydrogen) atoms. The van der Waals surface area contributed by atoms with Crippen LogP contribution in [0.3, 0.4) is 0 Å². The van der Waals surface area contributed by atoms with Crippen molar-refractivity contribution in [3.05, 3.63) is 57.1 Å². The molecule has 0 fully saturated rings. The zero-order valence-electron chi connectivity index (χ0n) is 15.2. The molecule has 2 aromatic rings. The van der Waals surface area contributed by atoms with Gasteiger partial charge in [-0.3, -0.25) is 14.9 Å². The lowest BCUT2D eigenvalue weighted by atomic mass is 10.1. The van der Waals surface area contributed by atoms with E-state index in [2.05, 4.69) is 5.32 Å². The number of carbonyl (C=O) groups excluding carboxylic acids is 2. The number of carbonyl (C=O) groups is 2. The van der Waals surface area contributed by atoms with Crippen molar-refractivity contribution in [2.24, 2.45) is 0 Å². The number of nitro groups is 1. The van der Waals surface area contributed by atoms with Crippen molar-refractivity contribution in [2.45, 2.75) is 6.92 Å². The third-order valence-corrected chi connectivity index (χ3v) is 3.85. The molecule has 0 spiro atoms. The Kier molecular flexibility index (Phi) is 5.96. The Morgan fingerprint density at radius 3 is 2.22 bits per heavy atom. The number of aryl methyl sites for hydroxylation is 1. The van der Waals surface area contributed by atoms with Crippen molar-refractivity contribution < 1.29 is 28.7 Å². The van der Waals surface area contributed by atoms with Gasteiger partial charge in [0.05, 0.1) is 37.5 Å². The lowest BCUT2D eigenvalue weighted by molar-refractivity contribution is -0.385. The predicted molar refractivity (Wildman–Crippen MR) is 96.7 cm³/mol. The monoisotopic (exact) mass is 374 g/mol. The molecule has 1 N–H and O–H groups in total. The second-order valence-corrected chi connectivity index (χ2v) is 5.46. The van der Waals surface area contributed by atoms with E-state index in [1.54, 1.807) is 6.92 Å². The number of nitrogens with one attached hydrogen (secondary N) is 1. The first-order valence-corrected chi connectivity index (χ1v) is 7.73. The van der Waals surface area contributed by atoms with Crippen LogP contribution >= 0.6 is 0 Å². The van der Waals surface area contributed by atoms with Crippen LogP contribution < -0.4 is 14.8 Å². The van der Waals surface area contributed by atoms with Crippen molar-refractivity contribution >= 4 is 23.3 Å². The SMILES string of the molecule is COC(=O)c1cc(OC)c(OC)cc1NC(=O)c1ccc(C)c([N+](=O)[O-])c1. The van der Waals surface area contributed by atoms with Gasteiger partial charge >= 0.3 is 5.97 Å². The molecule has 2 rings (SSSR count). The Bertz CT molecular complexity index is 909. The van der Waals surface area contributed by atoms with Crippen molar-refractivity contribution in [1.82, 2.24) is 0 Å². The first-order chi connectivity index (χ1) is 12.8. The lowest BCUT2D eigenvalue weighted by Gasteiger charge is -2.14. The van der Waals surface area contributed by atoms with Crippen LogP contribution in [0.1, 0.15) is 26.3 Å². The number of methoxy groups -OCH3 is 3. The second-order valence-electron chi connectivity index (χ2n) is 5.46. The standard InChI is InChI=1S/C18H18N2O7/c1-10-5-6-11(7-14(10)20(23)24)17(21)19-13-9-16(26-3)15(25-2)8-12(13)18(22)27-4/h5-9H,1-4H3,(H,19,21). The third-order valence-electron chi connectivity index (χ3n) is 3.85. The zero-order chi connectivity index (χ0) is 20.1. The minimum absolute atomic E-state index is 0.0464. The number of amides is 1. The molecule has 0 radical (unpaired) electrons. The largest absolute Gasteiger partial charge is 0.493 e. The fraction of sp³-hybridized carbons (Fsp3) is 0.222. The number of rotatable bonds is 6. The Labute approximate surface area is 155 Å². The lowest BCUT2D eigenvalue weighted by Crippen LogP contribution is -2.16.